The molecular weight excluding hydrogens is 194 g/mol. The molecule has 0 aliphatic carbocycles. The average molecular weight is 215 g/mol. The van der Waals surface area contributed by atoms with Gasteiger partial charge in [-0.25, -0.2) is 0 Å². The number of hydrogen-bond acceptors (Lipinski definition) is 2. The fraction of sp³-hybridized carbons (Fsp3) is 0.909. The first-order chi connectivity index (χ1) is 6.70. The van der Waals surface area contributed by atoms with Gasteiger partial charge >= 0.3 is 0 Å². The molecule has 2 nitrogen and oxygen atoms in total. The minimum atomic E-state index is 0.249. The molecule has 1 N–H and O–H groups in total. The van der Waals surface area contributed by atoms with Gasteiger partial charge < -0.3 is 0 Å². The molecule has 1 aliphatic rings. The van der Waals surface area contributed by atoms with Crippen LogP contribution in [0.1, 0.15) is 46.0 Å². The molecule has 0 saturated carbocycles. The zero-order valence-electron chi connectivity index (χ0n) is 9.21. The molecule has 0 spiro atoms. The Balaban J connectivity index is 1.96. The molecule has 0 aromatic carbocycles. The summed E-state index contributed by atoms with van der Waals surface area (Å²) in [5.41, 5.74) is 0. The molecule has 1 heterocycles. The maximum absolute atomic E-state index is 11.2. The van der Waals surface area contributed by atoms with Crippen molar-refractivity contribution in [2.75, 3.05) is 5.75 Å². The molecule has 82 valence electrons. The minimum Gasteiger partial charge on any atom is -0.300 e. The second kappa shape index (κ2) is 6.33. The Morgan fingerprint density at radius 3 is 2.79 bits per heavy atom. The van der Waals surface area contributed by atoms with Crippen molar-refractivity contribution in [2.24, 2.45) is 11.8 Å². The zero-order chi connectivity index (χ0) is 10.4. The van der Waals surface area contributed by atoms with E-state index in [9.17, 15) is 4.79 Å². The molecule has 0 bridgehead atoms. The Hall–Kier alpha value is -0.180. The van der Waals surface area contributed by atoms with E-state index in [2.05, 4.69) is 18.6 Å². The first-order valence-electron chi connectivity index (χ1n) is 5.62. The van der Waals surface area contributed by atoms with Gasteiger partial charge in [0, 0.05) is 11.7 Å². The fourth-order valence-electron chi connectivity index (χ4n) is 1.71. The topological polar surface area (TPSA) is 29.1 Å². The summed E-state index contributed by atoms with van der Waals surface area (Å²) in [6.45, 7) is 4.53. The van der Waals surface area contributed by atoms with Crippen LogP contribution in [0.5, 0.6) is 0 Å². The third kappa shape index (κ3) is 4.36. The number of carbonyl (C=O) groups excluding carboxylic acids is 1. The fourth-order valence-corrected chi connectivity index (χ4v) is 2.62. The number of unbranched alkanes of at least 4 members (excludes halogenated alkanes) is 2. The molecule has 1 amide bonds. The quantitative estimate of drug-likeness (QED) is 0.545. The lowest BCUT2D eigenvalue weighted by atomic mass is 10.00. The predicted molar refractivity (Wildman–Crippen MR) is 62.0 cm³/mol. The lowest BCUT2D eigenvalue weighted by molar-refractivity contribution is -0.121. The summed E-state index contributed by atoms with van der Waals surface area (Å²) in [4.78, 5) is 11.2. The van der Waals surface area contributed by atoms with Crippen molar-refractivity contribution in [2.45, 2.75) is 46.0 Å². The van der Waals surface area contributed by atoms with Crippen LogP contribution in [0, 0.1) is 11.8 Å². The van der Waals surface area contributed by atoms with Crippen LogP contribution in [0.3, 0.4) is 0 Å². The van der Waals surface area contributed by atoms with Crippen molar-refractivity contribution in [3.8, 4) is 0 Å². The zero-order valence-corrected chi connectivity index (χ0v) is 10.0. The highest BCUT2D eigenvalue weighted by atomic mass is 32.2. The monoisotopic (exact) mass is 215 g/mol. The van der Waals surface area contributed by atoms with Crippen LogP contribution in [-0.4, -0.2) is 11.7 Å². The van der Waals surface area contributed by atoms with Crippen LogP contribution in [-0.2, 0) is 4.79 Å². The van der Waals surface area contributed by atoms with Gasteiger partial charge in [0.05, 0.1) is 0 Å². The standard InChI is InChI=1S/C11H21NOS/c1-9(2)6-4-3-5-7-10-8-14-12-11(10)13/h9-10H,3-8H2,1-2H3,(H,12,13). The van der Waals surface area contributed by atoms with Gasteiger partial charge in [0.1, 0.15) is 0 Å². The molecule has 14 heavy (non-hydrogen) atoms. The van der Waals surface area contributed by atoms with Crippen molar-refractivity contribution in [3.63, 3.8) is 0 Å². The molecule has 0 aromatic heterocycles. The molecule has 1 aliphatic heterocycles. The van der Waals surface area contributed by atoms with E-state index in [1.165, 1.54) is 25.7 Å². The Bertz CT molecular complexity index is 182. The lowest BCUT2D eigenvalue weighted by Gasteiger charge is -2.06. The molecule has 1 saturated heterocycles. The maximum Gasteiger partial charge on any atom is 0.233 e. The summed E-state index contributed by atoms with van der Waals surface area (Å²) in [7, 11) is 0. The number of hydrogen-bond donors (Lipinski definition) is 1. The summed E-state index contributed by atoms with van der Waals surface area (Å²) in [6, 6.07) is 0. The van der Waals surface area contributed by atoms with E-state index < -0.39 is 0 Å². The molecule has 1 unspecified atom stereocenters. The predicted octanol–water partition coefficient (Wildman–Crippen LogP) is 2.99. The van der Waals surface area contributed by atoms with Crippen LogP contribution >= 0.6 is 11.9 Å². The van der Waals surface area contributed by atoms with Crippen molar-refractivity contribution in [3.05, 3.63) is 0 Å². The molecule has 3 heteroatoms. The molecule has 0 aromatic rings. The SMILES string of the molecule is CC(C)CCCCCC1CSNC1=O. The maximum atomic E-state index is 11.2. The van der Waals surface area contributed by atoms with Gasteiger partial charge in [0.2, 0.25) is 5.91 Å². The van der Waals surface area contributed by atoms with Crippen LogP contribution in [0.15, 0.2) is 0 Å². The summed E-state index contributed by atoms with van der Waals surface area (Å²) in [5, 5.41) is 0. The van der Waals surface area contributed by atoms with Crippen molar-refractivity contribution >= 4 is 17.9 Å². The first-order valence-corrected chi connectivity index (χ1v) is 6.60. The van der Waals surface area contributed by atoms with Crippen molar-refractivity contribution in [1.82, 2.24) is 4.72 Å². The van der Waals surface area contributed by atoms with E-state index in [1.54, 1.807) is 11.9 Å². The van der Waals surface area contributed by atoms with Gasteiger partial charge in [-0.15, -0.1) is 0 Å². The molecule has 1 atom stereocenters. The van der Waals surface area contributed by atoms with Crippen molar-refractivity contribution in [1.29, 1.82) is 0 Å². The molecular formula is C11H21NOS. The average Bonchev–Trinajstić information content (AvgIpc) is 2.51. The Kier molecular flexibility index (Phi) is 5.38. The highest BCUT2D eigenvalue weighted by Crippen LogP contribution is 2.21. The van der Waals surface area contributed by atoms with Crippen LogP contribution in [0.4, 0.5) is 0 Å². The Morgan fingerprint density at radius 2 is 2.21 bits per heavy atom. The minimum absolute atomic E-state index is 0.249. The summed E-state index contributed by atoms with van der Waals surface area (Å²) >= 11 is 1.56. The van der Waals surface area contributed by atoms with Crippen LogP contribution in [0.2, 0.25) is 0 Å². The lowest BCUT2D eigenvalue weighted by Crippen LogP contribution is -2.17. The second-order valence-corrected chi connectivity index (χ2v) is 5.33. The summed E-state index contributed by atoms with van der Waals surface area (Å²) in [5.74, 6) is 2.33. The Morgan fingerprint density at radius 1 is 1.43 bits per heavy atom. The smallest absolute Gasteiger partial charge is 0.233 e. The first kappa shape index (κ1) is 11.9. The van der Waals surface area contributed by atoms with Gasteiger partial charge in [-0.05, 0) is 24.3 Å². The molecule has 0 radical (unpaired) electrons. The number of rotatable bonds is 6. The number of nitrogens with one attached hydrogen (secondary N) is 1. The van der Waals surface area contributed by atoms with E-state index in [1.807, 2.05) is 0 Å². The van der Waals surface area contributed by atoms with Gasteiger partial charge in [-0.1, -0.05) is 39.5 Å². The third-order valence-corrected chi connectivity index (χ3v) is 3.58. The van der Waals surface area contributed by atoms with E-state index in [4.69, 9.17) is 0 Å². The Labute approximate surface area is 91.4 Å². The number of carbonyl (C=O) groups is 1. The van der Waals surface area contributed by atoms with E-state index in [-0.39, 0.29) is 5.91 Å². The summed E-state index contributed by atoms with van der Waals surface area (Å²) in [6.07, 6.45) is 6.22. The molecule has 1 rings (SSSR count). The van der Waals surface area contributed by atoms with Gasteiger partial charge in [0.15, 0.2) is 0 Å². The molecule has 1 fully saturated rings. The summed E-state index contributed by atoms with van der Waals surface area (Å²) < 4.78 is 2.81. The van der Waals surface area contributed by atoms with Crippen LogP contribution in [0.25, 0.3) is 0 Å². The van der Waals surface area contributed by atoms with E-state index >= 15 is 0 Å². The van der Waals surface area contributed by atoms with Crippen molar-refractivity contribution < 1.29 is 4.79 Å². The van der Waals surface area contributed by atoms with Gasteiger partial charge in [-0.3, -0.25) is 9.52 Å². The van der Waals surface area contributed by atoms with Gasteiger partial charge in [-0.2, -0.15) is 0 Å². The highest BCUT2D eigenvalue weighted by Gasteiger charge is 2.23. The highest BCUT2D eigenvalue weighted by molar-refractivity contribution is 7.98. The number of amides is 1. The van der Waals surface area contributed by atoms with E-state index in [0.717, 1.165) is 18.1 Å². The third-order valence-electron chi connectivity index (χ3n) is 2.66. The van der Waals surface area contributed by atoms with Gasteiger partial charge in [0.25, 0.3) is 0 Å². The second-order valence-electron chi connectivity index (χ2n) is 4.51. The van der Waals surface area contributed by atoms with E-state index in [0.29, 0.717) is 5.92 Å². The largest absolute Gasteiger partial charge is 0.300 e. The van der Waals surface area contributed by atoms with Crippen LogP contribution < -0.4 is 4.72 Å². The normalized spacial score (nSPS) is 21.6.